The monoisotopic (exact) mass is 249 g/mol. The first-order valence-electron chi connectivity index (χ1n) is 5.32. The van der Waals surface area contributed by atoms with Crippen LogP contribution in [0.4, 0.5) is 5.82 Å². The number of thiazole rings is 1. The lowest BCUT2D eigenvalue weighted by Crippen LogP contribution is -2.13. The van der Waals surface area contributed by atoms with Gasteiger partial charge in [-0.3, -0.25) is 0 Å². The Balaban J connectivity index is 2.30. The summed E-state index contributed by atoms with van der Waals surface area (Å²) in [6.45, 7) is 5.89. The lowest BCUT2D eigenvalue weighted by atomic mass is 10.2. The second-order valence-electron chi connectivity index (χ2n) is 3.88. The normalized spacial score (nSPS) is 10.6. The molecule has 6 heteroatoms. The van der Waals surface area contributed by atoms with E-state index in [1.807, 2.05) is 26.2 Å². The number of anilines is 1. The van der Waals surface area contributed by atoms with Crippen molar-refractivity contribution < 1.29 is 0 Å². The van der Waals surface area contributed by atoms with Crippen LogP contribution in [0, 0.1) is 20.8 Å². The first-order valence-corrected chi connectivity index (χ1v) is 6.20. The Kier molecular flexibility index (Phi) is 3.35. The van der Waals surface area contributed by atoms with Crippen molar-refractivity contribution in [3.8, 4) is 0 Å². The van der Waals surface area contributed by atoms with Gasteiger partial charge in [-0.2, -0.15) is 0 Å². The summed E-state index contributed by atoms with van der Waals surface area (Å²) in [6, 6.07) is 0. The van der Waals surface area contributed by atoms with Crippen LogP contribution in [0.3, 0.4) is 0 Å². The molecule has 0 atom stereocenters. The Morgan fingerprint density at radius 2 is 2.00 bits per heavy atom. The number of hydrogen-bond donors (Lipinski definition) is 2. The predicted molar refractivity (Wildman–Crippen MR) is 69.0 cm³/mol. The highest BCUT2D eigenvalue weighted by Gasteiger charge is 2.08. The lowest BCUT2D eigenvalue weighted by molar-refractivity contribution is 0.907. The van der Waals surface area contributed by atoms with Crippen LogP contribution < -0.4 is 11.3 Å². The molecule has 0 saturated heterocycles. The van der Waals surface area contributed by atoms with Crippen molar-refractivity contribution in [2.24, 2.45) is 5.84 Å². The highest BCUT2D eigenvalue weighted by atomic mass is 32.1. The number of rotatable bonds is 3. The number of aryl methyl sites for hydroxylation is 2. The Bertz CT molecular complexity index is 535. The first-order chi connectivity index (χ1) is 8.10. The SMILES string of the molecule is Cc1nc(Cc2nc(C)c(C)c(NN)n2)cs1. The van der Waals surface area contributed by atoms with Crippen LogP contribution in [-0.2, 0) is 6.42 Å². The summed E-state index contributed by atoms with van der Waals surface area (Å²) >= 11 is 1.63. The van der Waals surface area contributed by atoms with E-state index in [9.17, 15) is 0 Å². The molecule has 17 heavy (non-hydrogen) atoms. The minimum Gasteiger partial charge on any atom is -0.308 e. The summed E-state index contributed by atoms with van der Waals surface area (Å²) in [7, 11) is 0. The van der Waals surface area contributed by atoms with E-state index in [4.69, 9.17) is 5.84 Å². The number of nitrogen functional groups attached to an aromatic ring is 1. The van der Waals surface area contributed by atoms with Crippen LogP contribution in [0.5, 0.6) is 0 Å². The summed E-state index contributed by atoms with van der Waals surface area (Å²) < 4.78 is 0. The summed E-state index contributed by atoms with van der Waals surface area (Å²) in [5.74, 6) is 6.85. The molecule has 0 radical (unpaired) electrons. The molecule has 3 N–H and O–H groups in total. The van der Waals surface area contributed by atoms with E-state index in [-0.39, 0.29) is 0 Å². The highest BCUT2D eigenvalue weighted by molar-refractivity contribution is 7.09. The van der Waals surface area contributed by atoms with E-state index in [1.165, 1.54) is 0 Å². The molecule has 90 valence electrons. The van der Waals surface area contributed by atoms with E-state index < -0.39 is 0 Å². The zero-order valence-electron chi connectivity index (χ0n) is 10.1. The average Bonchev–Trinajstić information content (AvgIpc) is 2.69. The van der Waals surface area contributed by atoms with Gasteiger partial charge >= 0.3 is 0 Å². The molecular weight excluding hydrogens is 234 g/mol. The second kappa shape index (κ2) is 4.77. The zero-order chi connectivity index (χ0) is 12.4. The van der Waals surface area contributed by atoms with Gasteiger partial charge in [0.15, 0.2) is 0 Å². The maximum atomic E-state index is 5.43. The Morgan fingerprint density at radius 1 is 1.24 bits per heavy atom. The molecular formula is C11H15N5S. The largest absolute Gasteiger partial charge is 0.308 e. The standard InChI is InChI=1S/C11H15N5S/c1-6-7(2)13-10(15-11(6)16-12)4-9-5-17-8(3)14-9/h5H,4,12H2,1-3H3,(H,13,15,16). The van der Waals surface area contributed by atoms with Gasteiger partial charge in [0.25, 0.3) is 0 Å². The molecule has 0 aromatic carbocycles. The smallest absolute Gasteiger partial charge is 0.146 e. The maximum absolute atomic E-state index is 5.43. The third kappa shape index (κ3) is 2.59. The Morgan fingerprint density at radius 3 is 2.59 bits per heavy atom. The van der Waals surface area contributed by atoms with Crippen molar-refractivity contribution in [2.75, 3.05) is 5.43 Å². The highest BCUT2D eigenvalue weighted by Crippen LogP contribution is 2.16. The van der Waals surface area contributed by atoms with Gasteiger partial charge in [-0.1, -0.05) is 0 Å². The van der Waals surface area contributed by atoms with Gasteiger partial charge in [0.1, 0.15) is 11.6 Å². The van der Waals surface area contributed by atoms with Crippen molar-refractivity contribution in [1.29, 1.82) is 0 Å². The number of aromatic nitrogens is 3. The zero-order valence-corrected chi connectivity index (χ0v) is 10.9. The van der Waals surface area contributed by atoms with Gasteiger partial charge in [-0.15, -0.1) is 11.3 Å². The van der Waals surface area contributed by atoms with Gasteiger partial charge < -0.3 is 5.43 Å². The van der Waals surface area contributed by atoms with Gasteiger partial charge in [-0.05, 0) is 20.8 Å². The molecule has 0 unspecified atom stereocenters. The summed E-state index contributed by atoms with van der Waals surface area (Å²) in [6.07, 6.45) is 0.639. The fourth-order valence-electron chi connectivity index (χ4n) is 1.56. The van der Waals surface area contributed by atoms with E-state index in [0.717, 1.165) is 27.8 Å². The molecule has 0 aliphatic carbocycles. The molecule has 0 fully saturated rings. The second-order valence-corrected chi connectivity index (χ2v) is 4.94. The summed E-state index contributed by atoms with van der Waals surface area (Å²) in [5.41, 5.74) is 5.51. The van der Waals surface area contributed by atoms with Crippen LogP contribution in [0.15, 0.2) is 5.38 Å². The van der Waals surface area contributed by atoms with Crippen molar-refractivity contribution in [2.45, 2.75) is 27.2 Å². The fourth-order valence-corrected chi connectivity index (χ4v) is 2.17. The number of hydrazine groups is 1. The van der Waals surface area contributed by atoms with Gasteiger partial charge in [0, 0.05) is 16.6 Å². The number of hydrogen-bond acceptors (Lipinski definition) is 6. The Labute approximate surface area is 104 Å². The summed E-state index contributed by atoms with van der Waals surface area (Å²) in [5, 5.41) is 3.09. The lowest BCUT2D eigenvalue weighted by Gasteiger charge is -2.08. The minimum atomic E-state index is 0.639. The molecule has 0 aliphatic heterocycles. The molecule has 5 nitrogen and oxygen atoms in total. The first kappa shape index (κ1) is 11.9. The van der Waals surface area contributed by atoms with Crippen LogP contribution >= 0.6 is 11.3 Å². The molecule has 0 bridgehead atoms. The molecule has 2 aromatic heterocycles. The van der Waals surface area contributed by atoms with Crippen molar-refractivity contribution in [3.63, 3.8) is 0 Å². The fraction of sp³-hybridized carbons (Fsp3) is 0.364. The van der Waals surface area contributed by atoms with Crippen molar-refractivity contribution in [1.82, 2.24) is 15.0 Å². The molecule has 2 aromatic rings. The maximum Gasteiger partial charge on any atom is 0.146 e. The number of nitrogens with zero attached hydrogens (tertiary/aromatic N) is 3. The molecule has 2 heterocycles. The van der Waals surface area contributed by atoms with Gasteiger partial charge in [-0.25, -0.2) is 20.8 Å². The van der Waals surface area contributed by atoms with Crippen molar-refractivity contribution >= 4 is 17.2 Å². The summed E-state index contributed by atoms with van der Waals surface area (Å²) in [4.78, 5) is 13.2. The Hall–Kier alpha value is -1.53. The molecule has 0 amide bonds. The third-order valence-electron chi connectivity index (χ3n) is 2.58. The van der Waals surface area contributed by atoms with E-state index >= 15 is 0 Å². The molecule has 0 saturated carbocycles. The van der Waals surface area contributed by atoms with Gasteiger partial charge in [0.2, 0.25) is 0 Å². The van der Waals surface area contributed by atoms with Crippen LogP contribution in [0.2, 0.25) is 0 Å². The molecule has 0 aliphatic rings. The third-order valence-corrected chi connectivity index (χ3v) is 3.40. The quantitative estimate of drug-likeness (QED) is 0.640. The molecule has 0 spiro atoms. The minimum absolute atomic E-state index is 0.639. The topological polar surface area (TPSA) is 76.7 Å². The average molecular weight is 249 g/mol. The van der Waals surface area contributed by atoms with Crippen molar-refractivity contribution in [3.05, 3.63) is 33.2 Å². The van der Waals surface area contributed by atoms with E-state index in [2.05, 4.69) is 20.4 Å². The molecule has 2 rings (SSSR count). The number of nitrogens with one attached hydrogen (secondary N) is 1. The van der Waals surface area contributed by atoms with Gasteiger partial charge in [0.05, 0.1) is 17.1 Å². The van der Waals surface area contributed by atoms with Crippen LogP contribution in [0.1, 0.15) is 27.8 Å². The predicted octanol–water partition coefficient (Wildman–Crippen LogP) is 1.73. The van der Waals surface area contributed by atoms with Crippen LogP contribution in [-0.4, -0.2) is 15.0 Å². The van der Waals surface area contributed by atoms with E-state index in [1.54, 1.807) is 11.3 Å². The van der Waals surface area contributed by atoms with Crippen LogP contribution in [0.25, 0.3) is 0 Å². The number of nitrogens with two attached hydrogens (primary N) is 1. The van der Waals surface area contributed by atoms with E-state index in [0.29, 0.717) is 12.2 Å².